The Morgan fingerprint density at radius 2 is 1.73 bits per heavy atom. The van der Waals surface area contributed by atoms with Gasteiger partial charge in [-0.25, -0.2) is 0 Å². The van der Waals surface area contributed by atoms with Gasteiger partial charge in [-0.15, -0.1) is 0 Å². The van der Waals surface area contributed by atoms with Crippen molar-refractivity contribution in [2.24, 2.45) is 17.8 Å². The highest BCUT2D eigenvalue weighted by atomic mass is 35.5. The second-order valence-corrected chi connectivity index (χ2v) is 8.46. The third kappa shape index (κ3) is 3.40. The summed E-state index contributed by atoms with van der Waals surface area (Å²) >= 11 is 5.72. The number of hydrogen-bond donors (Lipinski definition) is 1. The molecule has 4 atom stereocenters. The zero-order valence-corrected chi connectivity index (χ0v) is 15.2. The molecule has 2 aliphatic carbocycles. The topological polar surface area (TPSA) is 39.0 Å². The van der Waals surface area contributed by atoms with Crippen LogP contribution in [0.2, 0.25) is 5.02 Å². The summed E-state index contributed by atoms with van der Waals surface area (Å²) in [5, 5.41) is 3.20. The molecule has 1 aromatic carbocycles. The smallest absolute Gasteiger partial charge is 0.301 e. The summed E-state index contributed by atoms with van der Waals surface area (Å²) in [7, 11) is 0. The molecule has 1 saturated heterocycles. The maximum absolute atomic E-state index is 13.3. The van der Waals surface area contributed by atoms with Gasteiger partial charge < -0.3 is 5.32 Å². The van der Waals surface area contributed by atoms with E-state index in [0.29, 0.717) is 11.8 Å². The first-order valence-corrected chi connectivity index (χ1v) is 9.91. The molecule has 0 amide bonds. The second-order valence-electron chi connectivity index (χ2n) is 8.03. The molecule has 2 saturated carbocycles. The summed E-state index contributed by atoms with van der Waals surface area (Å²) in [4.78, 5) is 12.8. The van der Waals surface area contributed by atoms with Crippen LogP contribution >= 0.6 is 11.6 Å². The average molecular weight is 386 g/mol. The molecule has 142 valence electrons. The molecule has 1 N–H and O–H groups in total. The summed E-state index contributed by atoms with van der Waals surface area (Å²) in [6, 6.07) is 2.98. The normalized spacial score (nSPS) is 32.2. The van der Waals surface area contributed by atoms with Crippen molar-refractivity contribution in [3.63, 3.8) is 0 Å². The van der Waals surface area contributed by atoms with Gasteiger partial charge in [0.25, 0.3) is 0 Å². The molecular formula is C20H23ClF3NO. The lowest BCUT2D eigenvalue weighted by atomic mass is 9.80. The van der Waals surface area contributed by atoms with E-state index >= 15 is 0 Å². The van der Waals surface area contributed by atoms with Crippen LogP contribution in [0.15, 0.2) is 18.2 Å². The standard InChI is InChI=1S/C20H23ClF3NO/c21-12-8-9-15(16(10-12)20(22,23)24)19(26)18-17(25-18)14-7-3-6-13(14)11-4-1-2-5-11/h8-11,13-14,17-18,25H,1-7H2/t13-,14-,17?,18?/m0/s1. The van der Waals surface area contributed by atoms with E-state index in [1.807, 2.05) is 0 Å². The maximum atomic E-state index is 13.3. The monoisotopic (exact) mass is 385 g/mol. The van der Waals surface area contributed by atoms with E-state index in [0.717, 1.165) is 18.4 Å². The fourth-order valence-corrected chi connectivity index (χ4v) is 5.50. The predicted octanol–water partition coefficient (Wildman–Crippen LogP) is 5.49. The minimum absolute atomic E-state index is 0.00808. The number of carbonyl (C=O) groups is 1. The molecule has 0 bridgehead atoms. The number of alkyl halides is 3. The molecule has 1 heterocycles. The molecule has 3 fully saturated rings. The van der Waals surface area contributed by atoms with E-state index in [9.17, 15) is 18.0 Å². The zero-order valence-electron chi connectivity index (χ0n) is 14.5. The number of benzene rings is 1. The first kappa shape index (κ1) is 18.3. The number of hydrogen-bond acceptors (Lipinski definition) is 2. The highest BCUT2D eigenvalue weighted by Gasteiger charge is 2.52. The molecule has 2 unspecified atom stereocenters. The van der Waals surface area contributed by atoms with Crippen LogP contribution in [0.1, 0.15) is 60.9 Å². The van der Waals surface area contributed by atoms with Crippen LogP contribution in [-0.2, 0) is 6.18 Å². The molecule has 1 aromatic rings. The van der Waals surface area contributed by atoms with Crippen molar-refractivity contribution in [2.45, 2.75) is 63.2 Å². The van der Waals surface area contributed by atoms with Crippen molar-refractivity contribution in [1.29, 1.82) is 0 Å². The third-order valence-electron chi connectivity index (χ3n) is 6.55. The van der Waals surface area contributed by atoms with Crippen LogP contribution in [0, 0.1) is 17.8 Å². The number of rotatable bonds is 4. The molecular weight excluding hydrogens is 363 g/mol. The number of halogens is 4. The largest absolute Gasteiger partial charge is 0.417 e. The van der Waals surface area contributed by atoms with Crippen LogP contribution < -0.4 is 5.32 Å². The van der Waals surface area contributed by atoms with Gasteiger partial charge in [-0.2, -0.15) is 13.2 Å². The number of ketones is 1. The lowest BCUT2D eigenvalue weighted by Gasteiger charge is -2.25. The lowest BCUT2D eigenvalue weighted by Crippen LogP contribution is -2.25. The number of nitrogens with one attached hydrogen (secondary N) is 1. The Morgan fingerprint density at radius 1 is 1.04 bits per heavy atom. The molecule has 2 nitrogen and oxygen atoms in total. The van der Waals surface area contributed by atoms with Gasteiger partial charge in [-0.1, -0.05) is 43.7 Å². The fourth-order valence-electron chi connectivity index (χ4n) is 5.33. The van der Waals surface area contributed by atoms with E-state index in [4.69, 9.17) is 11.6 Å². The van der Waals surface area contributed by atoms with E-state index in [-0.39, 0.29) is 16.6 Å². The molecule has 0 spiro atoms. The first-order valence-electron chi connectivity index (χ1n) is 9.53. The van der Waals surface area contributed by atoms with Crippen molar-refractivity contribution < 1.29 is 18.0 Å². The molecule has 1 aliphatic heterocycles. The van der Waals surface area contributed by atoms with Crippen molar-refractivity contribution in [2.75, 3.05) is 0 Å². The van der Waals surface area contributed by atoms with Gasteiger partial charge in [0.2, 0.25) is 0 Å². The van der Waals surface area contributed by atoms with Gasteiger partial charge in [-0.3, -0.25) is 4.79 Å². The molecule has 4 rings (SSSR count). The molecule has 0 radical (unpaired) electrons. The summed E-state index contributed by atoms with van der Waals surface area (Å²) in [6.45, 7) is 0. The minimum Gasteiger partial charge on any atom is -0.301 e. The summed E-state index contributed by atoms with van der Waals surface area (Å²) in [5.41, 5.74) is -1.20. The predicted molar refractivity (Wildman–Crippen MR) is 94.3 cm³/mol. The van der Waals surface area contributed by atoms with E-state index < -0.39 is 23.6 Å². The summed E-state index contributed by atoms with van der Waals surface area (Å²) in [5.74, 6) is 1.34. The first-order chi connectivity index (χ1) is 12.4. The zero-order chi connectivity index (χ0) is 18.5. The summed E-state index contributed by atoms with van der Waals surface area (Å²) < 4.78 is 39.9. The van der Waals surface area contributed by atoms with Gasteiger partial charge >= 0.3 is 6.18 Å². The van der Waals surface area contributed by atoms with Crippen molar-refractivity contribution in [1.82, 2.24) is 5.32 Å². The Labute approximate surface area is 156 Å². The Kier molecular flexibility index (Phi) is 4.81. The fraction of sp³-hybridized carbons (Fsp3) is 0.650. The molecule has 0 aromatic heterocycles. The van der Waals surface area contributed by atoms with Gasteiger partial charge in [0.1, 0.15) is 0 Å². The Bertz CT molecular complexity index is 699. The van der Waals surface area contributed by atoms with Crippen LogP contribution in [0.5, 0.6) is 0 Å². The quantitative estimate of drug-likeness (QED) is 0.550. The Balaban J connectivity index is 1.51. The SMILES string of the molecule is O=C(c1ccc(Cl)cc1C(F)(F)F)C1NC1[C@H]1CCC[C@H]1C1CCCC1. The molecule has 3 aliphatic rings. The molecule has 6 heteroatoms. The van der Waals surface area contributed by atoms with Crippen molar-refractivity contribution >= 4 is 17.4 Å². The minimum atomic E-state index is -4.58. The van der Waals surface area contributed by atoms with Crippen LogP contribution in [0.4, 0.5) is 13.2 Å². The third-order valence-corrected chi connectivity index (χ3v) is 6.78. The Morgan fingerprint density at radius 3 is 2.42 bits per heavy atom. The van der Waals surface area contributed by atoms with Gasteiger partial charge in [0.15, 0.2) is 5.78 Å². The van der Waals surface area contributed by atoms with Crippen LogP contribution in [0.3, 0.4) is 0 Å². The average Bonchev–Trinajstić information content (AvgIpc) is 2.99. The van der Waals surface area contributed by atoms with E-state index in [2.05, 4.69) is 5.32 Å². The maximum Gasteiger partial charge on any atom is 0.417 e. The number of carbonyl (C=O) groups excluding carboxylic acids is 1. The van der Waals surface area contributed by atoms with E-state index in [1.54, 1.807) is 0 Å². The van der Waals surface area contributed by atoms with Gasteiger partial charge in [0.05, 0.1) is 11.6 Å². The Hall–Kier alpha value is -1.07. The summed E-state index contributed by atoms with van der Waals surface area (Å²) in [6.07, 6.45) is 3.96. The highest BCUT2D eigenvalue weighted by molar-refractivity contribution is 6.30. The van der Waals surface area contributed by atoms with Crippen molar-refractivity contribution in [3.05, 3.63) is 34.3 Å². The van der Waals surface area contributed by atoms with Gasteiger partial charge in [-0.05, 0) is 48.8 Å². The van der Waals surface area contributed by atoms with Crippen molar-refractivity contribution in [3.8, 4) is 0 Å². The van der Waals surface area contributed by atoms with Crippen LogP contribution in [0.25, 0.3) is 0 Å². The molecule has 26 heavy (non-hydrogen) atoms. The number of Topliss-reactive ketones (excluding diaryl/α,β-unsaturated/α-hetero) is 1. The van der Waals surface area contributed by atoms with Gasteiger partial charge in [0, 0.05) is 16.6 Å². The van der Waals surface area contributed by atoms with E-state index in [1.165, 1.54) is 50.7 Å². The highest BCUT2D eigenvalue weighted by Crippen LogP contribution is 2.48. The van der Waals surface area contributed by atoms with Crippen LogP contribution in [-0.4, -0.2) is 17.9 Å². The second kappa shape index (κ2) is 6.83. The lowest BCUT2D eigenvalue weighted by molar-refractivity contribution is -0.137.